The fourth-order valence-electron chi connectivity index (χ4n) is 1.98. The Bertz CT molecular complexity index is 426. The Morgan fingerprint density at radius 1 is 1.11 bits per heavy atom. The highest BCUT2D eigenvalue weighted by Crippen LogP contribution is 2.24. The number of phenols is 1. The quantitative estimate of drug-likeness (QED) is 0.400. The zero-order valence-corrected chi connectivity index (χ0v) is 10.0. The molecule has 1 aromatic rings. The number of aliphatic hydroxyl groups is 4. The van der Waals surface area contributed by atoms with Gasteiger partial charge in [-0.05, 0) is 12.1 Å². The van der Waals surface area contributed by atoms with Crippen molar-refractivity contribution in [2.24, 2.45) is 0 Å². The van der Waals surface area contributed by atoms with Gasteiger partial charge in [-0.2, -0.15) is 0 Å². The van der Waals surface area contributed by atoms with Crippen LogP contribution in [0.2, 0.25) is 0 Å². The van der Waals surface area contributed by atoms with Crippen LogP contribution in [0.3, 0.4) is 0 Å². The number of hydrogen-bond donors (Lipinski definition) is 6. The van der Waals surface area contributed by atoms with Crippen molar-refractivity contribution in [2.75, 3.05) is 11.9 Å². The summed E-state index contributed by atoms with van der Waals surface area (Å²) in [6, 6.07) is 6.14. The van der Waals surface area contributed by atoms with Crippen molar-refractivity contribution in [1.29, 1.82) is 0 Å². The number of aromatic hydroxyl groups is 1. The van der Waals surface area contributed by atoms with Gasteiger partial charge in [0.25, 0.3) is 0 Å². The monoisotopic (exact) mass is 271 g/mol. The second-order valence-corrected chi connectivity index (χ2v) is 4.44. The van der Waals surface area contributed by atoms with Crippen LogP contribution < -0.4 is 5.32 Å². The molecule has 1 saturated heterocycles. The first-order valence-electron chi connectivity index (χ1n) is 5.89. The summed E-state index contributed by atoms with van der Waals surface area (Å²) in [7, 11) is 0. The molecule has 0 aliphatic carbocycles. The maximum Gasteiger partial charge on any atom is 0.157 e. The van der Waals surface area contributed by atoms with Gasteiger partial charge in [0.05, 0.1) is 6.61 Å². The van der Waals surface area contributed by atoms with Gasteiger partial charge < -0.3 is 35.6 Å². The molecule has 5 atom stereocenters. The highest BCUT2D eigenvalue weighted by Gasteiger charge is 2.43. The van der Waals surface area contributed by atoms with E-state index in [2.05, 4.69) is 5.32 Å². The Kier molecular flexibility index (Phi) is 4.23. The molecule has 1 heterocycles. The lowest BCUT2D eigenvalue weighted by atomic mass is 9.98. The standard InChI is InChI=1S/C12H17NO6/c14-5-8-9(16)10(17)11(18)12(19-8)13-6-2-1-3-7(15)4-6/h1-4,8-18H,5H2/t8-,9-,10+,11+,12-/m0/s1. The SMILES string of the molecule is OC[C@@H]1O[C@H](Nc2cccc(O)c2)[C@H](O)[C@H](O)[C@H]1O. The average molecular weight is 271 g/mol. The number of ether oxygens (including phenoxy) is 1. The summed E-state index contributed by atoms with van der Waals surface area (Å²) in [5.41, 5.74) is 0.476. The minimum atomic E-state index is -1.43. The van der Waals surface area contributed by atoms with Crippen LogP contribution in [0.4, 0.5) is 5.69 Å². The van der Waals surface area contributed by atoms with E-state index in [-0.39, 0.29) is 5.75 Å². The van der Waals surface area contributed by atoms with E-state index in [9.17, 15) is 20.4 Å². The molecule has 1 fully saturated rings. The molecule has 0 spiro atoms. The Hall–Kier alpha value is -1.38. The predicted octanol–water partition coefficient (Wildman–Crippen LogP) is -1.40. The summed E-state index contributed by atoms with van der Waals surface area (Å²) in [5, 5.41) is 50.2. The summed E-state index contributed by atoms with van der Waals surface area (Å²) in [6.45, 7) is -0.483. The smallest absolute Gasteiger partial charge is 0.157 e. The van der Waals surface area contributed by atoms with Crippen molar-refractivity contribution in [3.05, 3.63) is 24.3 Å². The largest absolute Gasteiger partial charge is 0.508 e. The maximum atomic E-state index is 9.81. The molecule has 0 radical (unpaired) electrons. The van der Waals surface area contributed by atoms with Gasteiger partial charge in [-0.15, -0.1) is 0 Å². The van der Waals surface area contributed by atoms with Gasteiger partial charge in [-0.25, -0.2) is 0 Å². The normalized spacial score (nSPS) is 35.1. The Balaban J connectivity index is 2.10. The van der Waals surface area contributed by atoms with Gasteiger partial charge >= 0.3 is 0 Å². The van der Waals surface area contributed by atoms with Gasteiger partial charge in [0.1, 0.15) is 30.2 Å². The molecule has 0 amide bonds. The Morgan fingerprint density at radius 2 is 1.84 bits per heavy atom. The molecule has 0 unspecified atom stereocenters. The number of benzene rings is 1. The first-order chi connectivity index (χ1) is 9.02. The number of anilines is 1. The van der Waals surface area contributed by atoms with Crippen molar-refractivity contribution in [2.45, 2.75) is 30.6 Å². The lowest BCUT2D eigenvalue weighted by Crippen LogP contribution is -2.60. The van der Waals surface area contributed by atoms with Crippen LogP contribution in [0.25, 0.3) is 0 Å². The summed E-state index contributed by atoms with van der Waals surface area (Å²) in [6.07, 6.45) is -6.14. The van der Waals surface area contributed by atoms with Crippen LogP contribution in [-0.2, 0) is 4.74 Å². The summed E-state index contributed by atoms with van der Waals surface area (Å²) in [5.74, 6) is 0.0367. The number of rotatable bonds is 3. The zero-order valence-electron chi connectivity index (χ0n) is 10.0. The van der Waals surface area contributed by atoms with Crippen molar-refractivity contribution < 1.29 is 30.3 Å². The van der Waals surface area contributed by atoms with E-state index in [4.69, 9.17) is 9.84 Å². The van der Waals surface area contributed by atoms with Crippen LogP contribution in [0.5, 0.6) is 5.75 Å². The van der Waals surface area contributed by atoms with Gasteiger partial charge in [0, 0.05) is 11.8 Å². The molecule has 7 heteroatoms. The minimum Gasteiger partial charge on any atom is -0.508 e. The molecule has 2 rings (SSSR count). The summed E-state index contributed by atoms with van der Waals surface area (Å²) < 4.78 is 5.27. The summed E-state index contributed by atoms with van der Waals surface area (Å²) >= 11 is 0. The van der Waals surface area contributed by atoms with E-state index < -0.39 is 37.3 Å². The van der Waals surface area contributed by atoms with Gasteiger partial charge in [0.15, 0.2) is 6.23 Å². The van der Waals surface area contributed by atoms with Crippen LogP contribution in [0, 0.1) is 0 Å². The lowest BCUT2D eigenvalue weighted by Gasteiger charge is -2.40. The van der Waals surface area contributed by atoms with Crippen molar-refractivity contribution in [1.82, 2.24) is 0 Å². The van der Waals surface area contributed by atoms with Gasteiger partial charge in [0.2, 0.25) is 0 Å². The number of nitrogens with one attached hydrogen (secondary N) is 1. The fourth-order valence-corrected chi connectivity index (χ4v) is 1.98. The van der Waals surface area contributed by atoms with Crippen molar-refractivity contribution >= 4 is 5.69 Å². The zero-order chi connectivity index (χ0) is 14.0. The molecule has 0 saturated carbocycles. The third-order valence-electron chi connectivity index (χ3n) is 3.05. The predicted molar refractivity (Wildman–Crippen MR) is 65.5 cm³/mol. The van der Waals surface area contributed by atoms with E-state index in [1.807, 2.05) is 0 Å². The topological polar surface area (TPSA) is 122 Å². The number of aliphatic hydroxyl groups excluding tert-OH is 4. The molecule has 19 heavy (non-hydrogen) atoms. The van der Waals surface area contributed by atoms with Crippen LogP contribution in [0.15, 0.2) is 24.3 Å². The molecular weight excluding hydrogens is 254 g/mol. The molecule has 106 valence electrons. The molecule has 0 bridgehead atoms. The molecule has 0 aromatic heterocycles. The second kappa shape index (κ2) is 5.72. The van der Waals surface area contributed by atoms with Gasteiger partial charge in [-0.1, -0.05) is 6.07 Å². The highest BCUT2D eigenvalue weighted by molar-refractivity contribution is 5.48. The molecule has 1 aliphatic heterocycles. The number of hydrogen-bond acceptors (Lipinski definition) is 7. The minimum absolute atomic E-state index is 0.0367. The summed E-state index contributed by atoms with van der Waals surface area (Å²) in [4.78, 5) is 0. The first-order valence-corrected chi connectivity index (χ1v) is 5.89. The average Bonchev–Trinajstić information content (AvgIpc) is 2.39. The molecule has 1 aromatic carbocycles. The molecular formula is C12H17NO6. The van der Waals surface area contributed by atoms with E-state index >= 15 is 0 Å². The van der Waals surface area contributed by atoms with Crippen LogP contribution >= 0.6 is 0 Å². The maximum absolute atomic E-state index is 9.81. The van der Waals surface area contributed by atoms with Crippen LogP contribution in [-0.4, -0.2) is 62.8 Å². The molecule has 1 aliphatic rings. The van der Waals surface area contributed by atoms with E-state index in [0.717, 1.165) is 0 Å². The van der Waals surface area contributed by atoms with Crippen molar-refractivity contribution in [3.63, 3.8) is 0 Å². The Labute approximate surface area is 109 Å². The third kappa shape index (κ3) is 2.96. The van der Waals surface area contributed by atoms with E-state index in [0.29, 0.717) is 5.69 Å². The fraction of sp³-hybridized carbons (Fsp3) is 0.500. The van der Waals surface area contributed by atoms with Gasteiger partial charge in [-0.3, -0.25) is 0 Å². The molecule has 6 N–H and O–H groups in total. The first kappa shape index (κ1) is 14.0. The number of phenolic OH excluding ortho intramolecular Hbond substituents is 1. The van der Waals surface area contributed by atoms with Crippen LogP contribution in [0.1, 0.15) is 0 Å². The Morgan fingerprint density at radius 3 is 2.47 bits per heavy atom. The van der Waals surface area contributed by atoms with E-state index in [1.165, 1.54) is 12.1 Å². The van der Waals surface area contributed by atoms with Crippen molar-refractivity contribution in [3.8, 4) is 5.75 Å². The van der Waals surface area contributed by atoms with E-state index in [1.54, 1.807) is 12.1 Å². The third-order valence-corrected chi connectivity index (χ3v) is 3.05. The second-order valence-electron chi connectivity index (χ2n) is 4.44. The highest BCUT2D eigenvalue weighted by atomic mass is 16.6. The molecule has 7 nitrogen and oxygen atoms in total. The lowest BCUT2D eigenvalue weighted by molar-refractivity contribution is -0.221.